The Morgan fingerprint density at radius 1 is 0.854 bits per heavy atom. The van der Waals surface area contributed by atoms with Crippen molar-refractivity contribution in [3.05, 3.63) is 125 Å². The lowest BCUT2D eigenvalue weighted by Crippen LogP contribution is -2.33. The number of hydrogen-bond donors (Lipinski definition) is 2. The van der Waals surface area contributed by atoms with Crippen LogP contribution in [0.2, 0.25) is 0 Å². The van der Waals surface area contributed by atoms with Crippen LogP contribution >= 0.6 is 0 Å². The molecule has 210 valence electrons. The molecule has 0 aliphatic rings. The summed E-state index contributed by atoms with van der Waals surface area (Å²) in [6.45, 7) is 2.01. The van der Waals surface area contributed by atoms with Gasteiger partial charge in [-0.1, -0.05) is 60.7 Å². The third-order valence-electron chi connectivity index (χ3n) is 6.75. The van der Waals surface area contributed by atoms with Crippen molar-refractivity contribution in [2.75, 3.05) is 13.7 Å². The molecule has 0 radical (unpaired) electrons. The molecule has 0 fully saturated rings. The summed E-state index contributed by atoms with van der Waals surface area (Å²) < 4.78 is 18.6. The number of hydrogen-bond acceptors (Lipinski definition) is 4. The van der Waals surface area contributed by atoms with Crippen LogP contribution in [0.15, 0.2) is 97.1 Å². The molecule has 7 nitrogen and oxygen atoms in total. The highest BCUT2D eigenvalue weighted by Gasteiger charge is 2.23. The average molecular weight is 555 g/mol. The van der Waals surface area contributed by atoms with Gasteiger partial charge in [0.15, 0.2) is 0 Å². The number of carboxylic acids is 1. The maximum absolute atomic E-state index is 13.9. The van der Waals surface area contributed by atoms with Crippen molar-refractivity contribution in [1.82, 2.24) is 10.2 Å². The summed E-state index contributed by atoms with van der Waals surface area (Å²) in [4.78, 5) is 40.2. The second-order valence-corrected chi connectivity index (χ2v) is 9.56. The quantitative estimate of drug-likeness (QED) is 0.233. The number of rotatable bonds is 11. The Bertz CT molecular complexity index is 1520. The number of carboxylic acid groups (broad SMARTS) is 1. The predicted molar refractivity (Wildman–Crippen MR) is 154 cm³/mol. The highest BCUT2D eigenvalue weighted by Crippen LogP contribution is 2.29. The summed E-state index contributed by atoms with van der Waals surface area (Å²) in [5.74, 6) is -1.40. The number of ether oxygens (including phenoxy) is 1. The minimum absolute atomic E-state index is 0.00580. The second-order valence-electron chi connectivity index (χ2n) is 9.56. The highest BCUT2D eigenvalue weighted by atomic mass is 19.1. The first kappa shape index (κ1) is 29.0. The van der Waals surface area contributed by atoms with Crippen LogP contribution < -0.4 is 10.1 Å². The number of nitrogens with one attached hydrogen (secondary N) is 1. The first-order valence-electron chi connectivity index (χ1n) is 13.2. The highest BCUT2D eigenvalue weighted by molar-refractivity contribution is 6.06. The van der Waals surface area contributed by atoms with E-state index in [1.807, 2.05) is 19.1 Å². The fourth-order valence-corrected chi connectivity index (χ4v) is 4.53. The Kier molecular flexibility index (Phi) is 9.47. The van der Waals surface area contributed by atoms with Crippen molar-refractivity contribution < 1.29 is 28.6 Å². The SMILES string of the molecule is COc1ccc(CN(CCC(=O)O)C(=O)c2ccccc2-c2ccccc2C(=O)NC(C)c2ccc(F)cc2)cc1. The van der Waals surface area contributed by atoms with E-state index < -0.39 is 5.97 Å². The van der Waals surface area contributed by atoms with Crippen LogP contribution in [0.4, 0.5) is 4.39 Å². The summed E-state index contributed by atoms with van der Waals surface area (Å²) in [5, 5.41) is 12.3. The van der Waals surface area contributed by atoms with Gasteiger partial charge in [-0.15, -0.1) is 0 Å². The number of aliphatic carboxylic acids is 1. The zero-order valence-corrected chi connectivity index (χ0v) is 22.8. The molecule has 41 heavy (non-hydrogen) atoms. The first-order chi connectivity index (χ1) is 19.8. The van der Waals surface area contributed by atoms with Gasteiger partial charge in [0.2, 0.25) is 0 Å². The van der Waals surface area contributed by atoms with Gasteiger partial charge in [0, 0.05) is 24.2 Å². The maximum atomic E-state index is 13.9. The van der Waals surface area contributed by atoms with Gasteiger partial charge < -0.3 is 20.1 Å². The zero-order valence-electron chi connectivity index (χ0n) is 22.8. The molecular weight excluding hydrogens is 523 g/mol. The molecule has 4 aromatic rings. The second kappa shape index (κ2) is 13.4. The van der Waals surface area contributed by atoms with Crippen molar-refractivity contribution in [2.45, 2.75) is 25.9 Å². The summed E-state index contributed by atoms with van der Waals surface area (Å²) in [5.41, 5.74) is 3.39. The molecule has 0 bridgehead atoms. The van der Waals surface area contributed by atoms with Crippen molar-refractivity contribution in [3.63, 3.8) is 0 Å². The number of amides is 2. The molecule has 0 heterocycles. The van der Waals surface area contributed by atoms with E-state index in [0.29, 0.717) is 28.0 Å². The van der Waals surface area contributed by atoms with E-state index in [9.17, 15) is 23.9 Å². The average Bonchev–Trinajstić information content (AvgIpc) is 2.99. The Morgan fingerprint density at radius 3 is 2.05 bits per heavy atom. The van der Waals surface area contributed by atoms with Crippen molar-refractivity contribution in [1.29, 1.82) is 0 Å². The maximum Gasteiger partial charge on any atom is 0.305 e. The molecule has 2 amide bonds. The number of carbonyl (C=O) groups excluding carboxylic acids is 2. The van der Waals surface area contributed by atoms with Gasteiger partial charge in [-0.05, 0) is 65.6 Å². The summed E-state index contributed by atoms with van der Waals surface area (Å²) in [6, 6.07) is 26.7. The van der Waals surface area contributed by atoms with E-state index >= 15 is 0 Å². The minimum atomic E-state index is -1.01. The number of carbonyl (C=O) groups is 3. The third kappa shape index (κ3) is 7.36. The van der Waals surface area contributed by atoms with E-state index in [2.05, 4.69) is 5.32 Å². The molecule has 0 saturated carbocycles. The van der Waals surface area contributed by atoms with Crippen LogP contribution in [-0.4, -0.2) is 41.4 Å². The molecule has 1 unspecified atom stereocenters. The molecule has 0 saturated heterocycles. The Hall–Kier alpha value is -4.98. The topological polar surface area (TPSA) is 95.9 Å². The normalized spacial score (nSPS) is 11.4. The zero-order chi connectivity index (χ0) is 29.4. The lowest BCUT2D eigenvalue weighted by molar-refractivity contribution is -0.137. The van der Waals surface area contributed by atoms with Gasteiger partial charge in [0.1, 0.15) is 11.6 Å². The fourth-order valence-electron chi connectivity index (χ4n) is 4.53. The lowest BCUT2D eigenvalue weighted by Gasteiger charge is -2.24. The Balaban J connectivity index is 1.65. The molecule has 0 aliphatic carbocycles. The van der Waals surface area contributed by atoms with E-state index in [-0.39, 0.29) is 43.2 Å². The van der Waals surface area contributed by atoms with E-state index in [1.54, 1.807) is 79.9 Å². The molecular formula is C33H31FN2O5. The molecule has 4 rings (SSSR count). The Labute approximate surface area is 238 Å². The largest absolute Gasteiger partial charge is 0.497 e. The van der Waals surface area contributed by atoms with Crippen LogP contribution in [0.3, 0.4) is 0 Å². The van der Waals surface area contributed by atoms with Gasteiger partial charge in [0.05, 0.1) is 19.6 Å². The number of benzene rings is 4. The van der Waals surface area contributed by atoms with Crippen molar-refractivity contribution in [2.24, 2.45) is 0 Å². The predicted octanol–water partition coefficient (Wildman–Crippen LogP) is 6.11. The van der Waals surface area contributed by atoms with E-state index in [4.69, 9.17) is 4.74 Å². The molecule has 0 spiro atoms. The summed E-state index contributed by atoms with van der Waals surface area (Å²) >= 11 is 0. The summed E-state index contributed by atoms with van der Waals surface area (Å²) in [6.07, 6.45) is -0.218. The van der Waals surface area contributed by atoms with Crippen LogP contribution in [0.1, 0.15) is 51.2 Å². The molecule has 0 aromatic heterocycles. The van der Waals surface area contributed by atoms with Gasteiger partial charge >= 0.3 is 5.97 Å². The van der Waals surface area contributed by atoms with Gasteiger partial charge in [-0.3, -0.25) is 14.4 Å². The smallest absolute Gasteiger partial charge is 0.305 e. The van der Waals surface area contributed by atoms with Gasteiger partial charge in [-0.2, -0.15) is 0 Å². The lowest BCUT2D eigenvalue weighted by atomic mass is 9.94. The number of nitrogens with zero attached hydrogens (tertiary/aromatic N) is 1. The van der Waals surface area contributed by atoms with Crippen LogP contribution in [0, 0.1) is 5.82 Å². The van der Waals surface area contributed by atoms with Crippen LogP contribution in [0.5, 0.6) is 5.75 Å². The van der Waals surface area contributed by atoms with E-state index in [0.717, 1.165) is 11.1 Å². The standard InChI is InChI=1S/C33H31FN2O5/c1-22(24-13-15-25(34)16-14-24)35-32(39)29-9-5-3-7-27(29)28-8-4-6-10-30(28)33(40)36(20-19-31(37)38)21-23-11-17-26(41-2)18-12-23/h3-18,22H,19-21H2,1-2H3,(H,35,39)(H,37,38). The Morgan fingerprint density at radius 2 is 1.44 bits per heavy atom. The number of methoxy groups -OCH3 is 1. The van der Waals surface area contributed by atoms with Gasteiger partial charge in [-0.25, -0.2) is 4.39 Å². The van der Waals surface area contributed by atoms with E-state index in [1.165, 1.54) is 17.0 Å². The minimum Gasteiger partial charge on any atom is -0.497 e. The molecule has 2 N–H and O–H groups in total. The molecule has 0 aliphatic heterocycles. The summed E-state index contributed by atoms with van der Waals surface area (Å²) in [7, 11) is 1.57. The molecule has 8 heteroatoms. The molecule has 1 atom stereocenters. The van der Waals surface area contributed by atoms with Crippen LogP contribution in [0.25, 0.3) is 11.1 Å². The first-order valence-corrected chi connectivity index (χ1v) is 13.2. The van der Waals surface area contributed by atoms with Gasteiger partial charge in [0.25, 0.3) is 11.8 Å². The van der Waals surface area contributed by atoms with Crippen LogP contribution in [-0.2, 0) is 11.3 Å². The molecule has 4 aromatic carbocycles. The number of halogens is 1. The van der Waals surface area contributed by atoms with Crippen molar-refractivity contribution >= 4 is 17.8 Å². The third-order valence-corrected chi connectivity index (χ3v) is 6.75. The van der Waals surface area contributed by atoms with Crippen molar-refractivity contribution in [3.8, 4) is 16.9 Å². The fraction of sp³-hybridized carbons (Fsp3) is 0.182. The monoisotopic (exact) mass is 554 g/mol.